The molecule has 0 saturated heterocycles. The monoisotopic (exact) mass is 355 g/mol. The number of aliphatic hydroxyl groups excluding tert-OH is 1. The van der Waals surface area contributed by atoms with Crippen molar-refractivity contribution in [3.8, 4) is 5.75 Å². The van der Waals surface area contributed by atoms with Crippen LogP contribution in [-0.4, -0.2) is 23.9 Å². The molecule has 1 unspecified atom stereocenters. The molecule has 1 aromatic carbocycles. The van der Waals surface area contributed by atoms with Crippen molar-refractivity contribution in [3.05, 3.63) is 59.8 Å². The van der Waals surface area contributed by atoms with Gasteiger partial charge in [-0.15, -0.1) is 0 Å². The maximum absolute atomic E-state index is 13.0. The predicted octanol–water partition coefficient (Wildman–Crippen LogP) is 3.80. The van der Waals surface area contributed by atoms with Gasteiger partial charge < -0.3 is 14.3 Å². The summed E-state index contributed by atoms with van der Waals surface area (Å²) in [5.41, 5.74) is -0.224. The highest BCUT2D eigenvalue weighted by molar-refractivity contribution is 6.17. The third kappa shape index (κ3) is 2.87. The van der Waals surface area contributed by atoms with Crippen LogP contribution in [0.5, 0.6) is 5.75 Å². The van der Waals surface area contributed by atoms with Crippen LogP contribution >= 0.6 is 0 Å². The summed E-state index contributed by atoms with van der Waals surface area (Å²) in [7, 11) is 1.53. The van der Waals surface area contributed by atoms with Crippen molar-refractivity contribution >= 4 is 17.4 Å². The van der Waals surface area contributed by atoms with E-state index in [0.29, 0.717) is 17.2 Å². The Morgan fingerprint density at radius 3 is 2.54 bits per heavy atom. The molecule has 1 N–H and O–H groups in total. The van der Waals surface area contributed by atoms with E-state index in [1.165, 1.54) is 18.3 Å². The van der Waals surface area contributed by atoms with Gasteiger partial charge in [-0.05, 0) is 24.3 Å². The second-order valence-corrected chi connectivity index (χ2v) is 7.14. The molecule has 0 saturated carbocycles. The molecule has 0 radical (unpaired) electrons. The van der Waals surface area contributed by atoms with Crippen LogP contribution in [0.1, 0.15) is 32.6 Å². The lowest BCUT2D eigenvalue weighted by Gasteiger charge is -2.27. The minimum Gasteiger partial charge on any atom is -0.503 e. The zero-order chi connectivity index (χ0) is 19.1. The molecule has 2 aromatic rings. The number of Topliss-reactive ketones (excluding diaryl/α,β-unsaturated/α-hetero) is 1. The van der Waals surface area contributed by atoms with Crippen molar-refractivity contribution < 1.29 is 23.8 Å². The first-order chi connectivity index (χ1) is 12.3. The number of hydrogen-bond donors (Lipinski definition) is 1. The number of hydrogen-bond acceptors (Lipinski definition) is 5. The summed E-state index contributed by atoms with van der Waals surface area (Å²) >= 11 is 0. The van der Waals surface area contributed by atoms with Crippen molar-refractivity contribution in [2.75, 3.05) is 12.0 Å². The Hall–Kier alpha value is -3.02. The zero-order valence-corrected chi connectivity index (χ0v) is 15.1. The van der Waals surface area contributed by atoms with Gasteiger partial charge in [0, 0.05) is 17.2 Å². The molecular weight excluding hydrogens is 334 g/mol. The molecule has 0 bridgehead atoms. The highest BCUT2D eigenvalue weighted by atomic mass is 16.5. The van der Waals surface area contributed by atoms with Crippen LogP contribution in [-0.2, 0) is 9.59 Å². The Bertz CT molecular complexity index is 874. The van der Waals surface area contributed by atoms with E-state index in [-0.39, 0.29) is 11.4 Å². The number of carbonyl (C=O) groups excluding carboxylic acids is 2. The van der Waals surface area contributed by atoms with E-state index in [2.05, 4.69) is 0 Å². The molecule has 2 heterocycles. The first-order valence-electron chi connectivity index (χ1n) is 8.24. The van der Waals surface area contributed by atoms with Gasteiger partial charge in [0.15, 0.2) is 11.5 Å². The topological polar surface area (TPSA) is 80.0 Å². The first kappa shape index (κ1) is 17.8. The van der Waals surface area contributed by atoms with Crippen molar-refractivity contribution in [2.45, 2.75) is 26.8 Å². The van der Waals surface area contributed by atoms with E-state index >= 15 is 0 Å². The summed E-state index contributed by atoms with van der Waals surface area (Å²) in [6.45, 7) is 5.23. The van der Waals surface area contributed by atoms with Crippen LogP contribution in [0.2, 0.25) is 0 Å². The fraction of sp³-hybridized carbons (Fsp3) is 0.300. The summed E-state index contributed by atoms with van der Waals surface area (Å²) in [6.07, 6.45) is 1.47. The SMILES string of the molecule is COc1cccc(N2C(=O)C(O)=C(C(=O)C(C)(C)C)C2c2ccco2)c1. The van der Waals surface area contributed by atoms with Gasteiger partial charge in [-0.3, -0.25) is 14.5 Å². The summed E-state index contributed by atoms with van der Waals surface area (Å²) < 4.78 is 10.7. The highest BCUT2D eigenvalue weighted by Crippen LogP contribution is 2.43. The molecule has 6 nitrogen and oxygen atoms in total. The van der Waals surface area contributed by atoms with Gasteiger partial charge >= 0.3 is 0 Å². The van der Waals surface area contributed by atoms with Gasteiger partial charge in [-0.25, -0.2) is 0 Å². The number of benzene rings is 1. The van der Waals surface area contributed by atoms with E-state index in [4.69, 9.17) is 9.15 Å². The number of methoxy groups -OCH3 is 1. The lowest BCUT2D eigenvalue weighted by Crippen LogP contribution is -2.32. The molecule has 1 amide bonds. The Balaban J connectivity index is 2.17. The van der Waals surface area contributed by atoms with Gasteiger partial charge in [0.2, 0.25) is 0 Å². The lowest BCUT2D eigenvalue weighted by molar-refractivity contribution is -0.123. The molecule has 0 aliphatic carbocycles. The Kier molecular flexibility index (Phi) is 4.36. The van der Waals surface area contributed by atoms with Crippen LogP contribution in [0, 0.1) is 5.41 Å². The van der Waals surface area contributed by atoms with Gasteiger partial charge in [0.1, 0.15) is 17.6 Å². The van der Waals surface area contributed by atoms with E-state index in [1.807, 2.05) is 0 Å². The van der Waals surface area contributed by atoms with Gasteiger partial charge in [-0.1, -0.05) is 26.8 Å². The molecule has 1 aromatic heterocycles. The molecule has 0 spiro atoms. The summed E-state index contributed by atoms with van der Waals surface area (Å²) in [4.78, 5) is 27.2. The van der Waals surface area contributed by atoms with Crippen molar-refractivity contribution in [1.82, 2.24) is 0 Å². The molecular formula is C20H21NO5. The summed E-state index contributed by atoms with van der Waals surface area (Å²) in [5, 5.41) is 10.5. The number of nitrogens with zero attached hydrogens (tertiary/aromatic N) is 1. The number of aliphatic hydroxyl groups is 1. The maximum atomic E-state index is 13.0. The van der Waals surface area contributed by atoms with Gasteiger partial charge in [-0.2, -0.15) is 0 Å². The van der Waals surface area contributed by atoms with Gasteiger partial charge in [0.05, 0.1) is 18.9 Å². The van der Waals surface area contributed by atoms with Gasteiger partial charge in [0.25, 0.3) is 5.91 Å². The van der Waals surface area contributed by atoms with Crippen LogP contribution in [0.25, 0.3) is 0 Å². The summed E-state index contributed by atoms with van der Waals surface area (Å²) in [6, 6.07) is 9.40. The largest absolute Gasteiger partial charge is 0.503 e. The number of carbonyl (C=O) groups is 2. The van der Waals surface area contributed by atoms with Crippen LogP contribution in [0.15, 0.2) is 58.4 Å². The maximum Gasteiger partial charge on any atom is 0.294 e. The van der Waals surface area contributed by atoms with Crippen LogP contribution in [0.4, 0.5) is 5.69 Å². The smallest absolute Gasteiger partial charge is 0.294 e. The molecule has 1 aliphatic heterocycles. The van der Waals surface area contributed by atoms with E-state index in [1.54, 1.807) is 57.2 Å². The Morgan fingerprint density at radius 2 is 1.96 bits per heavy atom. The Labute approximate surface area is 151 Å². The molecule has 26 heavy (non-hydrogen) atoms. The predicted molar refractivity (Wildman–Crippen MR) is 96.0 cm³/mol. The second kappa shape index (κ2) is 6.37. The molecule has 6 heteroatoms. The standard InChI is InChI=1S/C20H21NO5/c1-20(2,3)18(23)15-16(14-9-6-10-26-14)21(19(24)17(15)22)12-7-5-8-13(11-12)25-4/h5-11,16,22H,1-4H3. The fourth-order valence-corrected chi connectivity index (χ4v) is 2.98. The number of ether oxygens (including phenoxy) is 1. The quantitative estimate of drug-likeness (QED) is 0.902. The summed E-state index contributed by atoms with van der Waals surface area (Å²) in [5.74, 6) is -0.544. The minimum atomic E-state index is -0.837. The number of anilines is 1. The number of furan rings is 1. The second-order valence-electron chi connectivity index (χ2n) is 7.14. The fourth-order valence-electron chi connectivity index (χ4n) is 2.98. The molecule has 1 atom stereocenters. The number of ketones is 1. The van der Waals surface area contributed by atoms with E-state index in [0.717, 1.165) is 0 Å². The highest BCUT2D eigenvalue weighted by Gasteiger charge is 2.47. The molecule has 0 fully saturated rings. The van der Waals surface area contributed by atoms with E-state index in [9.17, 15) is 14.7 Å². The lowest BCUT2D eigenvalue weighted by atomic mass is 9.83. The van der Waals surface area contributed by atoms with Crippen LogP contribution in [0.3, 0.4) is 0 Å². The van der Waals surface area contributed by atoms with Crippen molar-refractivity contribution in [3.63, 3.8) is 0 Å². The number of amides is 1. The zero-order valence-electron chi connectivity index (χ0n) is 15.1. The molecule has 1 aliphatic rings. The van der Waals surface area contributed by atoms with E-state index < -0.39 is 23.1 Å². The normalized spacial score (nSPS) is 17.8. The number of rotatable bonds is 4. The third-order valence-electron chi connectivity index (χ3n) is 4.28. The van der Waals surface area contributed by atoms with Crippen molar-refractivity contribution in [2.24, 2.45) is 5.41 Å². The third-order valence-corrected chi connectivity index (χ3v) is 4.28. The minimum absolute atomic E-state index is 0.0419. The van der Waals surface area contributed by atoms with Crippen molar-refractivity contribution in [1.29, 1.82) is 0 Å². The molecule has 3 rings (SSSR count). The Morgan fingerprint density at radius 1 is 1.23 bits per heavy atom. The average Bonchev–Trinajstić information content (AvgIpc) is 3.21. The molecule has 136 valence electrons. The first-order valence-corrected chi connectivity index (χ1v) is 8.24. The van der Waals surface area contributed by atoms with Crippen LogP contribution < -0.4 is 9.64 Å². The average molecular weight is 355 g/mol.